The molecule has 2 aromatic rings. The molecule has 9 heteroatoms. The van der Waals surface area contributed by atoms with Gasteiger partial charge < -0.3 is 29.4 Å². The van der Waals surface area contributed by atoms with E-state index in [4.69, 9.17) is 18.7 Å². The lowest BCUT2D eigenvalue weighted by Crippen LogP contribution is -2.38. The Hall–Kier alpha value is -2.97. The van der Waals surface area contributed by atoms with Crippen LogP contribution < -0.4 is 24.8 Å². The first kappa shape index (κ1) is 22.3. The Kier molecular flexibility index (Phi) is 8.57. The van der Waals surface area contributed by atoms with Gasteiger partial charge in [0.05, 0.1) is 27.9 Å². The average molecular weight is 405 g/mol. The van der Waals surface area contributed by atoms with Gasteiger partial charge in [0, 0.05) is 25.4 Å². The molecular weight excluding hydrogens is 374 g/mol. The minimum absolute atomic E-state index is 0.248. The molecule has 0 aliphatic heterocycles. The monoisotopic (exact) mass is 405 g/mol. The van der Waals surface area contributed by atoms with Crippen molar-refractivity contribution in [2.24, 2.45) is 4.99 Å². The average Bonchev–Trinajstić information content (AvgIpc) is 3.20. The van der Waals surface area contributed by atoms with Crippen LogP contribution in [0.4, 0.5) is 0 Å². The van der Waals surface area contributed by atoms with Crippen LogP contribution in [0.2, 0.25) is 0 Å². The zero-order valence-electron chi connectivity index (χ0n) is 18.0. The first-order chi connectivity index (χ1) is 14.0. The summed E-state index contributed by atoms with van der Waals surface area (Å²) >= 11 is 0. The van der Waals surface area contributed by atoms with Gasteiger partial charge in [0.15, 0.2) is 23.3 Å². The lowest BCUT2D eigenvalue weighted by molar-refractivity contribution is 0.324. The Morgan fingerprint density at radius 2 is 1.79 bits per heavy atom. The van der Waals surface area contributed by atoms with E-state index in [0.717, 1.165) is 17.9 Å². The topological polar surface area (TPSA) is 103 Å². The van der Waals surface area contributed by atoms with Gasteiger partial charge >= 0.3 is 0 Å². The number of nitrogens with one attached hydrogen (secondary N) is 2. The lowest BCUT2D eigenvalue weighted by Gasteiger charge is -2.14. The highest BCUT2D eigenvalue weighted by molar-refractivity contribution is 5.79. The summed E-state index contributed by atoms with van der Waals surface area (Å²) in [6, 6.07) is 3.78. The molecule has 0 spiro atoms. The maximum atomic E-state index is 5.40. The van der Waals surface area contributed by atoms with E-state index in [9.17, 15) is 0 Å². The van der Waals surface area contributed by atoms with Gasteiger partial charge in [0.25, 0.3) is 0 Å². The van der Waals surface area contributed by atoms with E-state index in [1.807, 2.05) is 32.9 Å². The Labute approximate surface area is 171 Å². The van der Waals surface area contributed by atoms with Crippen molar-refractivity contribution in [1.82, 2.24) is 20.8 Å². The number of aliphatic imine (C=N–C) groups is 1. The van der Waals surface area contributed by atoms with Crippen LogP contribution in [-0.2, 0) is 13.0 Å². The van der Waals surface area contributed by atoms with E-state index < -0.39 is 0 Å². The smallest absolute Gasteiger partial charge is 0.228 e. The van der Waals surface area contributed by atoms with Gasteiger partial charge in [-0.2, -0.15) is 4.98 Å². The number of benzene rings is 1. The third-order valence-electron chi connectivity index (χ3n) is 4.12. The number of ether oxygens (including phenoxy) is 3. The van der Waals surface area contributed by atoms with Crippen molar-refractivity contribution in [3.8, 4) is 17.2 Å². The Morgan fingerprint density at radius 3 is 2.31 bits per heavy atom. The Morgan fingerprint density at radius 1 is 1.10 bits per heavy atom. The molecule has 0 bridgehead atoms. The third-order valence-corrected chi connectivity index (χ3v) is 4.12. The van der Waals surface area contributed by atoms with Crippen LogP contribution in [0.15, 0.2) is 21.6 Å². The highest BCUT2D eigenvalue weighted by Crippen LogP contribution is 2.38. The second kappa shape index (κ2) is 11.1. The molecule has 0 saturated heterocycles. The van der Waals surface area contributed by atoms with Gasteiger partial charge in [-0.3, -0.25) is 0 Å². The molecule has 0 radical (unpaired) electrons. The predicted molar refractivity (Wildman–Crippen MR) is 111 cm³/mol. The number of guanidine groups is 1. The highest BCUT2D eigenvalue weighted by Gasteiger charge is 2.13. The van der Waals surface area contributed by atoms with E-state index in [0.29, 0.717) is 48.6 Å². The fourth-order valence-electron chi connectivity index (χ4n) is 2.63. The lowest BCUT2D eigenvalue weighted by atomic mass is 10.2. The predicted octanol–water partition coefficient (Wildman–Crippen LogP) is 2.52. The molecule has 9 nitrogen and oxygen atoms in total. The summed E-state index contributed by atoms with van der Waals surface area (Å²) in [6.45, 7) is 7.91. The largest absolute Gasteiger partial charge is 0.493 e. The molecule has 160 valence electrons. The summed E-state index contributed by atoms with van der Waals surface area (Å²) in [5.41, 5.74) is 0.940. The third kappa shape index (κ3) is 6.27. The first-order valence-electron chi connectivity index (χ1n) is 9.65. The molecule has 2 rings (SSSR count). The molecular formula is C20H31N5O4. The molecule has 0 atom stereocenters. The van der Waals surface area contributed by atoms with Crippen LogP contribution >= 0.6 is 0 Å². The molecule has 2 N–H and O–H groups in total. The Balaban J connectivity index is 2.02. The summed E-state index contributed by atoms with van der Waals surface area (Å²) in [5.74, 6) is 4.06. The van der Waals surface area contributed by atoms with Crippen molar-refractivity contribution in [2.45, 2.75) is 39.7 Å². The number of aromatic nitrogens is 2. The zero-order chi connectivity index (χ0) is 21.2. The van der Waals surface area contributed by atoms with E-state index in [2.05, 4.69) is 25.8 Å². The Bertz CT molecular complexity index is 779. The fourth-order valence-corrected chi connectivity index (χ4v) is 2.63. The van der Waals surface area contributed by atoms with Crippen LogP contribution in [0.1, 0.15) is 44.0 Å². The van der Waals surface area contributed by atoms with Crippen molar-refractivity contribution in [3.05, 3.63) is 29.4 Å². The second-order valence-corrected chi connectivity index (χ2v) is 6.61. The summed E-state index contributed by atoms with van der Waals surface area (Å²) < 4.78 is 21.4. The van der Waals surface area contributed by atoms with Crippen molar-refractivity contribution in [1.29, 1.82) is 0 Å². The van der Waals surface area contributed by atoms with Crippen LogP contribution in [0, 0.1) is 0 Å². The minimum Gasteiger partial charge on any atom is -0.493 e. The van der Waals surface area contributed by atoms with E-state index >= 15 is 0 Å². The van der Waals surface area contributed by atoms with Gasteiger partial charge in [-0.1, -0.05) is 19.0 Å². The van der Waals surface area contributed by atoms with Gasteiger partial charge in [-0.25, -0.2) is 4.99 Å². The maximum absolute atomic E-state index is 5.40. The minimum atomic E-state index is 0.248. The fraction of sp³-hybridized carbons (Fsp3) is 0.550. The SMILES string of the molecule is CCNC(=NCc1cc(OC)c(OC)c(OC)c1)NCCc1nc(C(C)C)no1. The number of nitrogens with zero attached hydrogens (tertiary/aromatic N) is 3. The van der Waals surface area contributed by atoms with Gasteiger partial charge in [0.1, 0.15) is 0 Å². The van der Waals surface area contributed by atoms with Crippen LogP contribution in [-0.4, -0.2) is 50.5 Å². The molecule has 1 aromatic carbocycles. The van der Waals surface area contributed by atoms with Crippen LogP contribution in [0.25, 0.3) is 0 Å². The van der Waals surface area contributed by atoms with Gasteiger partial charge in [0.2, 0.25) is 11.6 Å². The number of rotatable bonds is 10. The molecule has 0 aliphatic rings. The van der Waals surface area contributed by atoms with E-state index in [1.54, 1.807) is 21.3 Å². The zero-order valence-corrected chi connectivity index (χ0v) is 18.0. The second-order valence-electron chi connectivity index (χ2n) is 6.61. The standard InChI is InChI=1S/C20H31N5O4/c1-7-21-20(22-9-8-17-24-19(13(2)3)25-29-17)23-12-14-10-15(26-4)18(28-6)16(11-14)27-5/h10-11,13H,7-9,12H2,1-6H3,(H2,21,22,23). The van der Waals surface area contributed by atoms with Gasteiger partial charge in [-0.15, -0.1) is 0 Å². The van der Waals surface area contributed by atoms with E-state index in [-0.39, 0.29) is 5.92 Å². The quantitative estimate of drug-likeness (QED) is 0.459. The highest BCUT2D eigenvalue weighted by atomic mass is 16.5. The molecule has 0 amide bonds. The van der Waals surface area contributed by atoms with E-state index in [1.165, 1.54) is 0 Å². The first-order valence-corrected chi connectivity index (χ1v) is 9.65. The van der Waals surface area contributed by atoms with Crippen molar-refractivity contribution >= 4 is 5.96 Å². The normalized spacial score (nSPS) is 11.5. The van der Waals surface area contributed by atoms with Crippen molar-refractivity contribution < 1.29 is 18.7 Å². The number of hydrogen-bond acceptors (Lipinski definition) is 7. The van der Waals surface area contributed by atoms with Gasteiger partial charge in [-0.05, 0) is 24.6 Å². The summed E-state index contributed by atoms with van der Waals surface area (Å²) in [4.78, 5) is 9.01. The number of methoxy groups -OCH3 is 3. The summed E-state index contributed by atoms with van der Waals surface area (Å²) in [5, 5.41) is 10.5. The molecule has 0 unspecified atom stereocenters. The summed E-state index contributed by atoms with van der Waals surface area (Å²) in [7, 11) is 4.77. The molecule has 0 aliphatic carbocycles. The molecule has 1 aromatic heterocycles. The van der Waals surface area contributed by atoms with Crippen molar-refractivity contribution in [3.63, 3.8) is 0 Å². The molecule has 29 heavy (non-hydrogen) atoms. The van der Waals surface area contributed by atoms with Crippen LogP contribution in [0.5, 0.6) is 17.2 Å². The molecule has 1 heterocycles. The number of hydrogen-bond donors (Lipinski definition) is 2. The van der Waals surface area contributed by atoms with Crippen LogP contribution in [0.3, 0.4) is 0 Å². The maximum Gasteiger partial charge on any atom is 0.228 e. The summed E-state index contributed by atoms with van der Waals surface area (Å²) in [6.07, 6.45) is 0.619. The molecule has 0 fully saturated rings. The molecule has 0 saturated carbocycles. The van der Waals surface area contributed by atoms with Crippen molar-refractivity contribution in [2.75, 3.05) is 34.4 Å².